The third kappa shape index (κ3) is 2.40. The zero-order chi connectivity index (χ0) is 16.7. The van der Waals surface area contributed by atoms with E-state index in [1.165, 1.54) is 6.08 Å². The van der Waals surface area contributed by atoms with Gasteiger partial charge >= 0.3 is 0 Å². The Labute approximate surface area is 138 Å². The standard InChI is InChI=1S/C19H15N3O2/c20-18(24)6-4-13-9-21-19-16(13)8-14(10-22-19)12-2-1-11-3-5-17(23)15(11)7-12/h1-2,4,6-10H,3,5H2,(H2,20,24)(H,21,22)/b6-4+. The van der Waals surface area contributed by atoms with Gasteiger partial charge in [0.2, 0.25) is 5.91 Å². The summed E-state index contributed by atoms with van der Waals surface area (Å²) in [6.07, 6.45) is 7.97. The van der Waals surface area contributed by atoms with Crippen molar-refractivity contribution in [2.45, 2.75) is 12.8 Å². The van der Waals surface area contributed by atoms with Gasteiger partial charge in [0.05, 0.1) is 0 Å². The van der Waals surface area contributed by atoms with E-state index in [1.54, 1.807) is 18.5 Å². The monoisotopic (exact) mass is 317 g/mol. The first-order valence-electron chi connectivity index (χ1n) is 7.73. The van der Waals surface area contributed by atoms with Crippen molar-refractivity contribution in [1.29, 1.82) is 0 Å². The molecule has 1 amide bonds. The molecule has 2 aromatic heterocycles. The molecule has 0 unspecified atom stereocenters. The second-order valence-corrected chi connectivity index (χ2v) is 5.89. The van der Waals surface area contributed by atoms with Crippen molar-refractivity contribution < 1.29 is 9.59 Å². The number of nitrogens with one attached hydrogen (secondary N) is 1. The van der Waals surface area contributed by atoms with Crippen molar-refractivity contribution in [2.24, 2.45) is 5.73 Å². The molecule has 5 heteroatoms. The van der Waals surface area contributed by atoms with Crippen LogP contribution in [0.5, 0.6) is 0 Å². The molecule has 2 heterocycles. The molecule has 118 valence electrons. The number of carbonyl (C=O) groups excluding carboxylic acids is 2. The van der Waals surface area contributed by atoms with Crippen LogP contribution < -0.4 is 5.73 Å². The Hall–Kier alpha value is -3.21. The van der Waals surface area contributed by atoms with Gasteiger partial charge in [-0.15, -0.1) is 0 Å². The maximum Gasteiger partial charge on any atom is 0.241 e. The van der Waals surface area contributed by atoms with Crippen LogP contribution in [-0.2, 0) is 11.2 Å². The number of pyridine rings is 1. The summed E-state index contributed by atoms with van der Waals surface area (Å²) in [5.74, 6) is -0.293. The number of benzene rings is 1. The molecule has 4 rings (SSSR count). The van der Waals surface area contributed by atoms with Crippen molar-refractivity contribution in [3.05, 3.63) is 59.4 Å². The molecule has 3 N–H and O–H groups in total. The lowest BCUT2D eigenvalue weighted by molar-refractivity contribution is -0.113. The van der Waals surface area contributed by atoms with Crippen molar-refractivity contribution in [3.8, 4) is 11.1 Å². The van der Waals surface area contributed by atoms with Crippen LogP contribution >= 0.6 is 0 Å². The molecule has 1 aliphatic carbocycles. The van der Waals surface area contributed by atoms with Gasteiger partial charge in [-0.3, -0.25) is 9.59 Å². The van der Waals surface area contributed by atoms with Crippen molar-refractivity contribution in [3.63, 3.8) is 0 Å². The molecular formula is C19H15N3O2. The molecule has 3 aromatic rings. The zero-order valence-corrected chi connectivity index (χ0v) is 12.9. The molecular weight excluding hydrogens is 302 g/mol. The maximum atomic E-state index is 11.9. The van der Waals surface area contributed by atoms with Gasteiger partial charge in [0.25, 0.3) is 0 Å². The van der Waals surface area contributed by atoms with E-state index in [4.69, 9.17) is 5.73 Å². The number of nitrogens with zero attached hydrogens (tertiary/aromatic N) is 1. The molecule has 0 aliphatic heterocycles. The molecule has 0 radical (unpaired) electrons. The fourth-order valence-electron chi connectivity index (χ4n) is 3.11. The first kappa shape index (κ1) is 14.4. The number of aryl methyl sites for hydroxylation is 1. The van der Waals surface area contributed by atoms with Crippen LogP contribution in [0, 0.1) is 0 Å². The van der Waals surface area contributed by atoms with Crippen molar-refractivity contribution in [1.82, 2.24) is 9.97 Å². The summed E-state index contributed by atoms with van der Waals surface area (Å²) < 4.78 is 0. The van der Waals surface area contributed by atoms with Crippen LogP contribution in [0.15, 0.2) is 42.7 Å². The highest BCUT2D eigenvalue weighted by molar-refractivity contribution is 6.02. The van der Waals surface area contributed by atoms with Crippen LogP contribution in [0.4, 0.5) is 0 Å². The topological polar surface area (TPSA) is 88.8 Å². The predicted octanol–water partition coefficient (Wildman–Crippen LogP) is 2.86. The zero-order valence-electron chi connectivity index (χ0n) is 12.9. The lowest BCUT2D eigenvalue weighted by Crippen LogP contribution is -2.04. The summed E-state index contributed by atoms with van der Waals surface area (Å²) in [5.41, 5.74) is 10.6. The quantitative estimate of drug-likeness (QED) is 0.728. The molecule has 1 aromatic carbocycles. The lowest BCUT2D eigenvalue weighted by Gasteiger charge is -2.05. The third-order valence-corrected chi connectivity index (χ3v) is 4.36. The highest BCUT2D eigenvalue weighted by atomic mass is 16.1. The van der Waals surface area contributed by atoms with Crippen LogP contribution in [-0.4, -0.2) is 21.7 Å². The third-order valence-electron chi connectivity index (χ3n) is 4.36. The van der Waals surface area contributed by atoms with Gasteiger partial charge in [-0.2, -0.15) is 0 Å². The van der Waals surface area contributed by atoms with Crippen LogP contribution in [0.25, 0.3) is 28.2 Å². The maximum absolute atomic E-state index is 11.9. The van der Waals surface area contributed by atoms with Gasteiger partial charge in [0, 0.05) is 47.0 Å². The average Bonchev–Trinajstić information content (AvgIpc) is 3.16. The van der Waals surface area contributed by atoms with Gasteiger partial charge < -0.3 is 10.7 Å². The largest absolute Gasteiger partial charge is 0.366 e. The first-order chi connectivity index (χ1) is 11.6. The number of ketones is 1. The number of aromatic nitrogens is 2. The number of H-pyrrole nitrogens is 1. The SMILES string of the molecule is NC(=O)/C=C/c1c[nH]c2ncc(-c3ccc4c(c3)C(=O)CC4)cc12. The van der Waals surface area contributed by atoms with Gasteiger partial charge in [0.15, 0.2) is 5.78 Å². The van der Waals surface area contributed by atoms with Gasteiger partial charge in [-0.05, 0) is 35.8 Å². The van der Waals surface area contributed by atoms with E-state index in [1.807, 2.05) is 24.3 Å². The highest BCUT2D eigenvalue weighted by Crippen LogP contribution is 2.30. The first-order valence-corrected chi connectivity index (χ1v) is 7.73. The number of aromatic amines is 1. The summed E-state index contributed by atoms with van der Waals surface area (Å²) in [5, 5.41) is 0.900. The molecule has 0 atom stereocenters. The number of primary amides is 1. The smallest absolute Gasteiger partial charge is 0.241 e. The Balaban J connectivity index is 1.80. The molecule has 0 fully saturated rings. The lowest BCUT2D eigenvalue weighted by atomic mass is 10.0. The molecule has 0 saturated carbocycles. The van der Waals surface area contributed by atoms with E-state index in [0.717, 1.165) is 45.3 Å². The number of Topliss-reactive ketones (excluding diaryl/α,β-unsaturated/α-hetero) is 1. The minimum atomic E-state index is -0.495. The number of amides is 1. The Morgan fingerprint density at radius 1 is 1.21 bits per heavy atom. The molecule has 1 aliphatic rings. The molecule has 5 nitrogen and oxygen atoms in total. The van der Waals surface area contributed by atoms with E-state index >= 15 is 0 Å². The van der Waals surface area contributed by atoms with Crippen LogP contribution in [0.1, 0.15) is 27.9 Å². The van der Waals surface area contributed by atoms with E-state index in [-0.39, 0.29) is 5.78 Å². The second kappa shape index (κ2) is 5.45. The fraction of sp³-hybridized carbons (Fsp3) is 0.105. The summed E-state index contributed by atoms with van der Waals surface area (Å²) in [6, 6.07) is 7.98. The number of nitrogens with two attached hydrogens (primary N) is 1. The molecule has 0 bridgehead atoms. The highest BCUT2D eigenvalue weighted by Gasteiger charge is 2.19. The summed E-state index contributed by atoms with van der Waals surface area (Å²) >= 11 is 0. The Kier molecular flexibility index (Phi) is 3.27. The minimum Gasteiger partial charge on any atom is -0.366 e. The normalized spacial score (nSPS) is 13.8. The number of carbonyl (C=O) groups is 2. The Morgan fingerprint density at radius 2 is 2.08 bits per heavy atom. The number of hydrogen-bond donors (Lipinski definition) is 2. The van der Waals surface area contributed by atoms with Gasteiger partial charge in [-0.1, -0.05) is 12.1 Å². The number of rotatable bonds is 3. The van der Waals surface area contributed by atoms with E-state index in [0.29, 0.717) is 6.42 Å². The van der Waals surface area contributed by atoms with Gasteiger partial charge in [0.1, 0.15) is 5.65 Å². The van der Waals surface area contributed by atoms with Gasteiger partial charge in [-0.25, -0.2) is 4.98 Å². The number of hydrogen-bond acceptors (Lipinski definition) is 3. The second-order valence-electron chi connectivity index (χ2n) is 5.89. The minimum absolute atomic E-state index is 0.201. The van der Waals surface area contributed by atoms with E-state index < -0.39 is 5.91 Å². The molecule has 24 heavy (non-hydrogen) atoms. The number of fused-ring (bicyclic) bond motifs is 2. The van der Waals surface area contributed by atoms with Crippen molar-refractivity contribution in [2.75, 3.05) is 0 Å². The fourth-order valence-corrected chi connectivity index (χ4v) is 3.11. The summed E-state index contributed by atoms with van der Waals surface area (Å²) in [4.78, 5) is 30.4. The van der Waals surface area contributed by atoms with Crippen LogP contribution in [0.3, 0.4) is 0 Å². The summed E-state index contributed by atoms with van der Waals surface area (Å²) in [6.45, 7) is 0. The Bertz CT molecular complexity index is 1010. The molecule has 0 spiro atoms. The van der Waals surface area contributed by atoms with E-state index in [2.05, 4.69) is 9.97 Å². The van der Waals surface area contributed by atoms with Crippen molar-refractivity contribution >= 4 is 28.8 Å². The predicted molar refractivity (Wildman–Crippen MR) is 92.4 cm³/mol. The molecule has 0 saturated heterocycles. The average molecular weight is 317 g/mol. The Morgan fingerprint density at radius 3 is 2.92 bits per heavy atom. The summed E-state index contributed by atoms with van der Waals surface area (Å²) in [7, 11) is 0. The van der Waals surface area contributed by atoms with Crippen LogP contribution in [0.2, 0.25) is 0 Å². The van der Waals surface area contributed by atoms with E-state index in [9.17, 15) is 9.59 Å².